The Bertz CT molecular complexity index is 1150. The molecule has 1 amide bonds. The molecule has 3 aromatic carbocycles. The number of nitrogens with one attached hydrogen (secondary N) is 1. The normalized spacial score (nSPS) is 11.1. The first kappa shape index (κ1) is 20.4. The summed E-state index contributed by atoms with van der Waals surface area (Å²) in [7, 11) is -3.83. The molecular weight excluding hydrogens is 402 g/mol. The number of amides is 1. The fourth-order valence-electron chi connectivity index (χ4n) is 2.54. The van der Waals surface area contributed by atoms with E-state index in [0.29, 0.717) is 17.3 Å². The summed E-state index contributed by atoms with van der Waals surface area (Å²) < 4.78 is 54.7. The third-order valence-corrected chi connectivity index (χ3v) is 4.91. The van der Waals surface area contributed by atoms with E-state index < -0.39 is 27.6 Å². The first-order valence-electron chi connectivity index (χ1n) is 8.34. The molecule has 0 spiro atoms. The molecule has 0 atom stereocenters. The predicted molar refractivity (Wildman–Crippen MR) is 103 cm³/mol. The second kappa shape index (κ2) is 8.38. The van der Waals surface area contributed by atoms with Gasteiger partial charge in [0.15, 0.2) is 11.6 Å². The van der Waals surface area contributed by atoms with Crippen molar-refractivity contribution in [3.63, 3.8) is 0 Å². The second-order valence-electron chi connectivity index (χ2n) is 6.04. The summed E-state index contributed by atoms with van der Waals surface area (Å²) in [6, 6.07) is 14.9. The molecule has 3 aromatic rings. The summed E-state index contributed by atoms with van der Waals surface area (Å²) >= 11 is 0. The van der Waals surface area contributed by atoms with Gasteiger partial charge in [0.25, 0.3) is 5.91 Å². The van der Waals surface area contributed by atoms with E-state index in [4.69, 9.17) is 9.88 Å². The molecule has 150 valence electrons. The van der Waals surface area contributed by atoms with E-state index in [1.54, 1.807) is 24.3 Å². The largest absolute Gasteiger partial charge is 0.486 e. The number of hydrogen-bond acceptors (Lipinski definition) is 4. The van der Waals surface area contributed by atoms with E-state index in [1.165, 1.54) is 30.3 Å². The van der Waals surface area contributed by atoms with E-state index in [9.17, 15) is 22.0 Å². The number of benzene rings is 3. The quantitative estimate of drug-likeness (QED) is 0.641. The van der Waals surface area contributed by atoms with Crippen molar-refractivity contribution < 1.29 is 26.7 Å². The van der Waals surface area contributed by atoms with Gasteiger partial charge in [-0.2, -0.15) is 0 Å². The highest BCUT2D eigenvalue weighted by atomic mass is 32.2. The molecule has 0 saturated heterocycles. The first-order valence-corrected chi connectivity index (χ1v) is 9.88. The van der Waals surface area contributed by atoms with Crippen LogP contribution in [-0.2, 0) is 16.6 Å². The van der Waals surface area contributed by atoms with Crippen LogP contribution in [0.25, 0.3) is 0 Å². The number of carbonyl (C=O) groups is 1. The van der Waals surface area contributed by atoms with Crippen LogP contribution in [0, 0.1) is 11.6 Å². The van der Waals surface area contributed by atoms with Crippen molar-refractivity contribution in [1.29, 1.82) is 0 Å². The fourth-order valence-corrected chi connectivity index (χ4v) is 3.06. The fraction of sp³-hybridized carbons (Fsp3) is 0.0500. The number of ether oxygens (including phenoxy) is 1. The van der Waals surface area contributed by atoms with Crippen LogP contribution in [-0.4, -0.2) is 14.3 Å². The SMILES string of the molecule is NS(=O)(=O)c1ccc(NC(=O)c2ccccc2COc2ccc(F)cc2F)cc1. The number of primary sulfonamides is 1. The molecule has 0 radical (unpaired) electrons. The number of rotatable bonds is 6. The maximum absolute atomic E-state index is 13.7. The van der Waals surface area contributed by atoms with Crippen LogP contribution in [0.4, 0.5) is 14.5 Å². The molecule has 9 heteroatoms. The Morgan fingerprint density at radius 2 is 1.69 bits per heavy atom. The number of hydrogen-bond donors (Lipinski definition) is 2. The van der Waals surface area contributed by atoms with Crippen LogP contribution in [0.15, 0.2) is 71.6 Å². The summed E-state index contributed by atoms with van der Waals surface area (Å²) in [4.78, 5) is 12.5. The van der Waals surface area contributed by atoms with Gasteiger partial charge in [-0.05, 0) is 42.5 Å². The zero-order chi connectivity index (χ0) is 21.0. The lowest BCUT2D eigenvalue weighted by molar-refractivity contribution is 0.102. The van der Waals surface area contributed by atoms with Crippen molar-refractivity contribution in [3.05, 3.63) is 89.5 Å². The monoisotopic (exact) mass is 418 g/mol. The summed E-state index contributed by atoms with van der Waals surface area (Å²) in [5.41, 5.74) is 1.13. The number of anilines is 1. The molecule has 6 nitrogen and oxygen atoms in total. The predicted octanol–water partition coefficient (Wildman–Crippen LogP) is 3.44. The molecule has 29 heavy (non-hydrogen) atoms. The molecule has 0 aliphatic carbocycles. The van der Waals surface area contributed by atoms with E-state index in [-0.39, 0.29) is 22.8 Å². The highest BCUT2D eigenvalue weighted by molar-refractivity contribution is 7.89. The van der Waals surface area contributed by atoms with Crippen LogP contribution in [0.1, 0.15) is 15.9 Å². The molecule has 0 aromatic heterocycles. The molecule has 3 N–H and O–H groups in total. The van der Waals surface area contributed by atoms with Crippen LogP contribution >= 0.6 is 0 Å². The average Bonchev–Trinajstić information content (AvgIpc) is 2.67. The standard InChI is InChI=1S/C20H16F2N2O4S/c21-14-5-10-19(18(22)11-14)28-12-13-3-1-2-4-17(13)20(25)24-15-6-8-16(9-7-15)29(23,26)27/h1-11H,12H2,(H,24,25)(H2,23,26,27). The van der Waals surface area contributed by atoms with E-state index in [0.717, 1.165) is 6.07 Å². The van der Waals surface area contributed by atoms with Crippen molar-refractivity contribution in [2.75, 3.05) is 5.32 Å². The lowest BCUT2D eigenvalue weighted by atomic mass is 10.1. The highest BCUT2D eigenvalue weighted by Crippen LogP contribution is 2.21. The number of halogens is 2. The molecule has 0 unspecified atom stereocenters. The van der Waals surface area contributed by atoms with Gasteiger partial charge in [0.1, 0.15) is 12.4 Å². The molecule has 0 heterocycles. The van der Waals surface area contributed by atoms with E-state index in [2.05, 4.69) is 5.32 Å². The van der Waals surface area contributed by atoms with Gasteiger partial charge in [-0.1, -0.05) is 18.2 Å². The number of nitrogens with two attached hydrogens (primary N) is 1. The molecule has 0 aliphatic heterocycles. The summed E-state index contributed by atoms with van der Waals surface area (Å²) in [6.07, 6.45) is 0. The van der Waals surface area contributed by atoms with E-state index >= 15 is 0 Å². The molecule has 3 rings (SSSR count). The van der Waals surface area contributed by atoms with Gasteiger partial charge in [-0.3, -0.25) is 4.79 Å². The molecule has 0 saturated carbocycles. The number of carbonyl (C=O) groups excluding carboxylic acids is 1. The maximum Gasteiger partial charge on any atom is 0.256 e. The van der Waals surface area contributed by atoms with Crippen LogP contribution in [0.5, 0.6) is 5.75 Å². The van der Waals surface area contributed by atoms with Crippen molar-refractivity contribution in [1.82, 2.24) is 0 Å². The van der Waals surface area contributed by atoms with Crippen molar-refractivity contribution in [2.45, 2.75) is 11.5 Å². The second-order valence-corrected chi connectivity index (χ2v) is 7.61. The topological polar surface area (TPSA) is 98.5 Å². The minimum atomic E-state index is -3.83. The number of sulfonamides is 1. The Labute approximate surface area is 166 Å². The smallest absolute Gasteiger partial charge is 0.256 e. The van der Waals surface area contributed by atoms with Crippen LogP contribution in [0.2, 0.25) is 0 Å². The molecule has 0 fully saturated rings. The first-order chi connectivity index (χ1) is 13.7. The van der Waals surface area contributed by atoms with Crippen LogP contribution in [0.3, 0.4) is 0 Å². The van der Waals surface area contributed by atoms with Crippen molar-refractivity contribution in [3.8, 4) is 5.75 Å². The Morgan fingerprint density at radius 3 is 2.34 bits per heavy atom. The van der Waals surface area contributed by atoms with Gasteiger partial charge >= 0.3 is 0 Å². The Kier molecular flexibility index (Phi) is 5.90. The maximum atomic E-state index is 13.7. The van der Waals surface area contributed by atoms with Crippen molar-refractivity contribution in [2.24, 2.45) is 5.14 Å². The Balaban J connectivity index is 1.74. The van der Waals surface area contributed by atoms with Gasteiger partial charge in [0, 0.05) is 22.9 Å². The molecule has 0 aliphatic rings. The van der Waals surface area contributed by atoms with Crippen LogP contribution < -0.4 is 15.2 Å². The van der Waals surface area contributed by atoms with Gasteiger partial charge in [0.05, 0.1) is 4.90 Å². The zero-order valence-corrected chi connectivity index (χ0v) is 15.7. The third kappa shape index (κ3) is 5.15. The third-order valence-electron chi connectivity index (χ3n) is 3.98. The lowest BCUT2D eigenvalue weighted by Crippen LogP contribution is -2.16. The minimum Gasteiger partial charge on any atom is -0.486 e. The van der Waals surface area contributed by atoms with Gasteiger partial charge < -0.3 is 10.1 Å². The summed E-state index contributed by atoms with van der Waals surface area (Å²) in [5.74, 6) is -2.17. The summed E-state index contributed by atoms with van der Waals surface area (Å²) in [6.45, 7) is -0.115. The lowest BCUT2D eigenvalue weighted by Gasteiger charge is -2.12. The zero-order valence-electron chi connectivity index (χ0n) is 14.9. The Hall–Kier alpha value is -3.30. The average molecular weight is 418 g/mol. The van der Waals surface area contributed by atoms with Gasteiger partial charge in [-0.25, -0.2) is 22.3 Å². The molecule has 0 bridgehead atoms. The highest BCUT2D eigenvalue weighted by Gasteiger charge is 2.14. The van der Waals surface area contributed by atoms with E-state index in [1.807, 2.05) is 0 Å². The van der Waals surface area contributed by atoms with Gasteiger partial charge in [0.2, 0.25) is 10.0 Å². The Morgan fingerprint density at radius 1 is 1.00 bits per heavy atom. The molecular formula is C20H16F2N2O4S. The van der Waals surface area contributed by atoms with Gasteiger partial charge in [-0.15, -0.1) is 0 Å². The minimum absolute atomic E-state index is 0.0781. The van der Waals surface area contributed by atoms with Crippen molar-refractivity contribution >= 4 is 21.6 Å². The summed E-state index contributed by atoms with van der Waals surface area (Å²) in [5, 5.41) is 7.68.